The predicted octanol–water partition coefficient (Wildman–Crippen LogP) is 2.70. The molecule has 0 aromatic heterocycles. The zero-order chi connectivity index (χ0) is 13.2. The second-order valence-electron chi connectivity index (χ2n) is 5.54. The van der Waals surface area contributed by atoms with E-state index in [4.69, 9.17) is 0 Å². The molecular formula is C15H19FN2O. The first kappa shape index (κ1) is 12.5. The smallest absolute Gasteiger partial charge is 0.317 e. The van der Waals surface area contributed by atoms with Gasteiger partial charge in [0.1, 0.15) is 5.82 Å². The van der Waals surface area contributed by atoms with E-state index in [1.54, 1.807) is 0 Å². The van der Waals surface area contributed by atoms with Crippen molar-refractivity contribution in [3.05, 3.63) is 35.6 Å². The Morgan fingerprint density at radius 3 is 2.68 bits per heavy atom. The van der Waals surface area contributed by atoms with Crippen molar-refractivity contribution in [1.82, 2.24) is 10.2 Å². The molecule has 4 heteroatoms. The van der Waals surface area contributed by atoms with Gasteiger partial charge in [0, 0.05) is 18.6 Å². The summed E-state index contributed by atoms with van der Waals surface area (Å²) >= 11 is 0. The number of hydrogen-bond donors (Lipinski definition) is 1. The fourth-order valence-corrected chi connectivity index (χ4v) is 2.69. The van der Waals surface area contributed by atoms with Gasteiger partial charge in [-0.15, -0.1) is 0 Å². The zero-order valence-corrected chi connectivity index (χ0v) is 10.9. The number of nitrogens with zero attached hydrogens (tertiary/aromatic N) is 1. The molecule has 1 saturated heterocycles. The lowest BCUT2D eigenvalue weighted by atomic mass is 10.0. The topological polar surface area (TPSA) is 32.3 Å². The van der Waals surface area contributed by atoms with Gasteiger partial charge in [0.15, 0.2) is 0 Å². The highest BCUT2D eigenvalue weighted by molar-refractivity contribution is 5.75. The third kappa shape index (κ3) is 3.06. The summed E-state index contributed by atoms with van der Waals surface area (Å²) in [6, 6.07) is 7.32. The molecule has 1 saturated carbocycles. The maximum Gasteiger partial charge on any atom is 0.317 e. The minimum absolute atomic E-state index is 0.0760. The summed E-state index contributed by atoms with van der Waals surface area (Å²) < 4.78 is 12.9. The molecule has 1 heterocycles. The number of halogens is 1. The predicted molar refractivity (Wildman–Crippen MR) is 71.4 cm³/mol. The number of amides is 2. The third-order valence-corrected chi connectivity index (χ3v) is 3.93. The van der Waals surface area contributed by atoms with Gasteiger partial charge >= 0.3 is 6.03 Å². The molecule has 1 N–H and O–H groups in total. The van der Waals surface area contributed by atoms with E-state index < -0.39 is 0 Å². The lowest BCUT2D eigenvalue weighted by Crippen LogP contribution is -2.44. The molecule has 102 valence electrons. The molecule has 0 radical (unpaired) electrons. The van der Waals surface area contributed by atoms with E-state index in [1.807, 2.05) is 17.0 Å². The molecular weight excluding hydrogens is 243 g/mol. The standard InChI is InChI=1S/C15H19FN2O/c16-12-5-3-11(4-6-12)10-14-2-1-9-18(14)15(19)17-13-7-8-13/h3-6,13-14H,1-2,7-10H2,(H,17,19). The van der Waals surface area contributed by atoms with Gasteiger partial charge in [-0.1, -0.05) is 12.1 Å². The number of urea groups is 1. The van der Waals surface area contributed by atoms with Crippen molar-refractivity contribution >= 4 is 6.03 Å². The number of carbonyl (C=O) groups excluding carboxylic acids is 1. The van der Waals surface area contributed by atoms with Gasteiger partial charge < -0.3 is 10.2 Å². The molecule has 3 rings (SSSR count). The maximum absolute atomic E-state index is 12.9. The van der Waals surface area contributed by atoms with Gasteiger partial charge in [-0.05, 0) is 49.8 Å². The Hall–Kier alpha value is -1.58. The molecule has 1 aromatic carbocycles. The first-order valence-electron chi connectivity index (χ1n) is 7.04. The Morgan fingerprint density at radius 2 is 2.00 bits per heavy atom. The first-order valence-corrected chi connectivity index (χ1v) is 7.04. The molecule has 1 unspecified atom stereocenters. The quantitative estimate of drug-likeness (QED) is 0.892. The molecule has 1 atom stereocenters. The fraction of sp³-hybridized carbons (Fsp3) is 0.533. The third-order valence-electron chi connectivity index (χ3n) is 3.93. The van der Waals surface area contributed by atoms with Gasteiger partial charge in [-0.25, -0.2) is 9.18 Å². The average Bonchev–Trinajstić information content (AvgIpc) is 3.08. The van der Waals surface area contributed by atoms with E-state index in [0.29, 0.717) is 6.04 Å². The van der Waals surface area contributed by atoms with Crippen LogP contribution in [0, 0.1) is 5.82 Å². The fourth-order valence-electron chi connectivity index (χ4n) is 2.69. The summed E-state index contributed by atoms with van der Waals surface area (Å²) in [6.07, 6.45) is 5.14. The Bertz CT molecular complexity index is 456. The molecule has 1 aliphatic heterocycles. The highest BCUT2D eigenvalue weighted by Crippen LogP contribution is 2.24. The summed E-state index contributed by atoms with van der Waals surface area (Å²) in [7, 11) is 0. The Morgan fingerprint density at radius 1 is 1.26 bits per heavy atom. The minimum Gasteiger partial charge on any atom is -0.335 e. The summed E-state index contributed by atoms with van der Waals surface area (Å²) in [5.74, 6) is -0.210. The van der Waals surface area contributed by atoms with Crippen molar-refractivity contribution in [3.8, 4) is 0 Å². The lowest BCUT2D eigenvalue weighted by molar-refractivity contribution is 0.192. The number of carbonyl (C=O) groups is 1. The van der Waals surface area contributed by atoms with Gasteiger partial charge in [0.2, 0.25) is 0 Å². The molecule has 2 amide bonds. The monoisotopic (exact) mass is 262 g/mol. The number of nitrogens with one attached hydrogen (secondary N) is 1. The van der Waals surface area contributed by atoms with Crippen LogP contribution in [0.25, 0.3) is 0 Å². The SMILES string of the molecule is O=C(NC1CC1)N1CCCC1Cc1ccc(F)cc1. The Balaban J connectivity index is 1.62. The van der Waals surface area contributed by atoms with E-state index in [-0.39, 0.29) is 17.9 Å². The van der Waals surface area contributed by atoms with Gasteiger partial charge in [0.25, 0.3) is 0 Å². The normalized spacial score (nSPS) is 22.6. The second-order valence-corrected chi connectivity index (χ2v) is 5.54. The van der Waals surface area contributed by atoms with Crippen LogP contribution in [-0.2, 0) is 6.42 Å². The van der Waals surface area contributed by atoms with Crippen molar-refractivity contribution in [2.45, 2.75) is 44.2 Å². The zero-order valence-electron chi connectivity index (χ0n) is 10.9. The van der Waals surface area contributed by atoms with Gasteiger partial charge in [-0.3, -0.25) is 0 Å². The molecule has 0 bridgehead atoms. The Kier molecular flexibility index (Phi) is 3.40. The van der Waals surface area contributed by atoms with Crippen molar-refractivity contribution in [1.29, 1.82) is 0 Å². The summed E-state index contributed by atoms with van der Waals surface area (Å²) in [5, 5.41) is 3.05. The van der Waals surface area contributed by atoms with Crippen molar-refractivity contribution in [2.75, 3.05) is 6.54 Å². The molecule has 2 aliphatic rings. The van der Waals surface area contributed by atoms with Crippen molar-refractivity contribution < 1.29 is 9.18 Å². The van der Waals surface area contributed by atoms with E-state index in [2.05, 4.69) is 5.32 Å². The van der Waals surface area contributed by atoms with Gasteiger partial charge in [-0.2, -0.15) is 0 Å². The van der Waals surface area contributed by atoms with E-state index in [1.165, 1.54) is 12.1 Å². The van der Waals surface area contributed by atoms with Crippen molar-refractivity contribution in [2.24, 2.45) is 0 Å². The van der Waals surface area contributed by atoms with Crippen LogP contribution in [0.2, 0.25) is 0 Å². The van der Waals surface area contributed by atoms with Crippen LogP contribution in [0.1, 0.15) is 31.2 Å². The van der Waals surface area contributed by atoms with Crippen LogP contribution in [-0.4, -0.2) is 29.6 Å². The number of likely N-dealkylation sites (tertiary alicyclic amines) is 1. The number of rotatable bonds is 3. The van der Waals surface area contributed by atoms with Crippen molar-refractivity contribution in [3.63, 3.8) is 0 Å². The number of benzene rings is 1. The highest BCUT2D eigenvalue weighted by Gasteiger charge is 2.32. The van der Waals surface area contributed by atoms with Crippen LogP contribution < -0.4 is 5.32 Å². The summed E-state index contributed by atoms with van der Waals surface area (Å²) in [6.45, 7) is 0.838. The molecule has 1 aliphatic carbocycles. The summed E-state index contributed by atoms with van der Waals surface area (Å²) in [5.41, 5.74) is 1.09. The second kappa shape index (κ2) is 5.19. The van der Waals surface area contributed by atoms with Crippen LogP contribution in [0.4, 0.5) is 9.18 Å². The maximum atomic E-state index is 12.9. The average molecular weight is 262 g/mol. The van der Waals surface area contributed by atoms with Gasteiger partial charge in [0.05, 0.1) is 0 Å². The Labute approximate surface area is 112 Å². The molecule has 0 spiro atoms. The van der Waals surface area contributed by atoms with Crippen LogP contribution in [0.5, 0.6) is 0 Å². The van der Waals surface area contributed by atoms with Crippen LogP contribution in [0.3, 0.4) is 0 Å². The largest absolute Gasteiger partial charge is 0.335 e. The number of hydrogen-bond acceptors (Lipinski definition) is 1. The van der Waals surface area contributed by atoms with Crippen LogP contribution in [0.15, 0.2) is 24.3 Å². The molecule has 19 heavy (non-hydrogen) atoms. The lowest BCUT2D eigenvalue weighted by Gasteiger charge is -2.25. The van der Waals surface area contributed by atoms with E-state index in [0.717, 1.165) is 44.2 Å². The molecule has 1 aromatic rings. The first-order chi connectivity index (χ1) is 9.22. The van der Waals surface area contributed by atoms with E-state index in [9.17, 15) is 9.18 Å². The molecule has 2 fully saturated rings. The summed E-state index contributed by atoms with van der Waals surface area (Å²) in [4.78, 5) is 14.1. The van der Waals surface area contributed by atoms with Crippen LogP contribution >= 0.6 is 0 Å². The van der Waals surface area contributed by atoms with E-state index >= 15 is 0 Å². The highest BCUT2D eigenvalue weighted by atomic mass is 19.1. The minimum atomic E-state index is -0.210. The molecule has 3 nitrogen and oxygen atoms in total.